The predicted molar refractivity (Wildman–Crippen MR) is 154 cm³/mol. The molecule has 44 heavy (non-hydrogen) atoms. The molecular weight excluding hydrogens is 577 g/mol. The van der Waals surface area contributed by atoms with Crippen LogP contribution in [0.5, 0.6) is 0 Å². The number of unbranched alkanes of at least 4 members (excludes halogenated alkanes) is 2. The van der Waals surface area contributed by atoms with Gasteiger partial charge in [0.25, 0.3) is 5.09 Å². The van der Waals surface area contributed by atoms with Gasteiger partial charge in [0.15, 0.2) is 23.7 Å². The first kappa shape index (κ1) is 33.7. The Morgan fingerprint density at radius 2 is 1.84 bits per heavy atom. The summed E-state index contributed by atoms with van der Waals surface area (Å²) in [6.07, 6.45) is 5.58. The second kappa shape index (κ2) is 12.7. The van der Waals surface area contributed by atoms with Crippen molar-refractivity contribution < 1.29 is 48.1 Å². The second-order valence-electron chi connectivity index (χ2n) is 13.3. The summed E-state index contributed by atoms with van der Waals surface area (Å²) in [6.45, 7) is 6.35. The van der Waals surface area contributed by atoms with Gasteiger partial charge in [-0.1, -0.05) is 38.8 Å². The van der Waals surface area contributed by atoms with Gasteiger partial charge in [0, 0.05) is 35.5 Å². The number of Topliss-reactive ketones (excluding diaryl/α,β-unsaturated/α-hetero) is 1. The number of hydrogen-bond acceptors (Lipinski definition) is 10. The quantitative estimate of drug-likeness (QED) is 0.134. The zero-order valence-electron chi connectivity index (χ0n) is 26.0. The van der Waals surface area contributed by atoms with Crippen LogP contribution in [0.4, 0.5) is 4.39 Å². The van der Waals surface area contributed by atoms with Crippen LogP contribution in [0.1, 0.15) is 91.9 Å². The van der Waals surface area contributed by atoms with Crippen LogP contribution in [0.2, 0.25) is 0 Å². The van der Waals surface area contributed by atoms with Crippen LogP contribution in [-0.2, 0) is 33.5 Å². The lowest BCUT2D eigenvalue weighted by Gasteiger charge is -2.62. The normalized spacial score (nSPS) is 37.2. The Bertz CT molecular complexity index is 1250. The number of allylic oxidation sites excluding steroid dienone is 4. The van der Waals surface area contributed by atoms with E-state index < -0.39 is 75.4 Å². The van der Waals surface area contributed by atoms with Crippen LogP contribution in [0.3, 0.4) is 0 Å². The van der Waals surface area contributed by atoms with Crippen molar-refractivity contribution >= 4 is 23.5 Å². The van der Waals surface area contributed by atoms with Crippen LogP contribution >= 0.6 is 0 Å². The number of fused-ring (bicyclic) bond motifs is 5. The van der Waals surface area contributed by atoms with E-state index in [-0.39, 0.29) is 44.5 Å². The smallest absolute Gasteiger partial charge is 0.306 e. The fourth-order valence-corrected chi connectivity index (χ4v) is 8.79. The predicted octanol–water partition coefficient (Wildman–Crippen LogP) is 4.57. The van der Waals surface area contributed by atoms with E-state index in [2.05, 4.69) is 4.84 Å². The van der Waals surface area contributed by atoms with Crippen molar-refractivity contribution in [1.82, 2.24) is 0 Å². The van der Waals surface area contributed by atoms with Gasteiger partial charge in [0.1, 0.15) is 0 Å². The molecule has 244 valence electrons. The lowest BCUT2D eigenvalue weighted by atomic mass is 9.44. The van der Waals surface area contributed by atoms with Crippen molar-refractivity contribution in [1.29, 1.82) is 0 Å². The van der Waals surface area contributed by atoms with Gasteiger partial charge in [-0.2, -0.15) is 0 Å². The summed E-state index contributed by atoms with van der Waals surface area (Å²) in [7, 11) is 0. The van der Waals surface area contributed by atoms with Crippen molar-refractivity contribution in [2.45, 2.75) is 109 Å². The number of halogens is 1. The summed E-state index contributed by atoms with van der Waals surface area (Å²) in [5.41, 5.74) is -5.61. The average molecular weight is 622 g/mol. The standard InChI is InChI=1S/C32H44FNO10/c1-5-6-9-28(39)44-32(26(37)19-42-27(38)10-7-8-15-43-34(40)41)20(2)16-24-23-12-11-21-17-22(35)13-14-29(21,3)31(23,33)25(36)18-30(24,32)4/h13-14,17,20,23-25,36H,5-12,15-16,18-19H2,1-4H3/t20-,23?,24?,25-,29-,30-,31-,32-/m0/s1. The van der Waals surface area contributed by atoms with Gasteiger partial charge in [0.05, 0.1) is 12.7 Å². The molecule has 3 fully saturated rings. The number of ether oxygens (including phenoxy) is 2. The molecule has 0 amide bonds. The monoisotopic (exact) mass is 621 g/mol. The molecule has 8 atom stereocenters. The minimum Gasteiger partial charge on any atom is -0.457 e. The van der Waals surface area contributed by atoms with Gasteiger partial charge >= 0.3 is 11.9 Å². The molecule has 1 N–H and O–H groups in total. The summed E-state index contributed by atoms with van der Waals surface area (Å²) < 4.78 is 29.1. The third kappa shape index (κ3) is 5.47. The molecule has 12 heteroatoms. The average Bonchev–Trinajstić information content (AvgIpc) is 3.17. The van der Waals surface area contributed by atoms with E-state index in [1.165, 1.54) is 12.2 Å². The van der Waals surface area contributed by atoms with E-state index in [1.807, 2.05) is 6.92 Å². The fraction of sp³-hybridized carbons (Fsp3) is 0.750. The molecule has 0 aromatic rings. The van der Waals surface area contributed by atoms with Crippen molar-refractivity contribution in [3.8, 4) is 0 Å². The zero-order valence-corrected chi connectivity index (χ0v) is 26.0. The summed E-state index contributed by atoms with van der Waals surface area (Å²) in [4.78, 5) is 66.5. The molecular formula is C32H44FNO10. The third-order valence-electron chi connectivity index (χ3n) is 10.9. The molecule has 2 unspecified atom stereocenters. The van der Waals surface area contributed by atoms with E-state index in [0.29, 0.717) is 31.3 Å². The van der Waals surface area contributed by atoms with Gasteiger partial charge in [-0.05, 0) is 69.9 Å². The zero-order chi connectivity index (χ0) is 32.5. The molecule has 0 radical (unpaired) electrons. The summed E-state index contributed by atoms with van der Waals surface area (Å²) >= 11 is 0. The molecule has 4 aliphatic rings. The second-order valence-corrected chi connectivity index (χ2v) is 13.3. The maximum atomic E-state index is 17.6. The number of carbonyl (C=O) groups is 4. The first-order chi connectivity index (χ1) is 20.7. The van der Waals surface area contributed by atoms with Gasteiger partial charge in [-0.25, -0.2) is 4.39 Å². The highest BCUT2D eigenvalue weighted by Gasteiger charge is 2.77. The maximum absolute atomic E-state index is 17.6. The molecule has 0 saturated heterocycles. The molecule has 4 rings (SSSR count). The number of hydrogen-bond donors (Lipinski definition) is 1. The highest BCUT2D eigenvalue weighted by Crippen LogP contribution is 2.71. The minimum atomic E-state index is -2.12. The lowest BCUT2D eigenvalue weighted by Crippen LogP contribution is -2.70. The number of esters is 2. The number of carbonyl (C=O) groups excluding carboxylic acids is 4. The van der Waals surface area contributed by atoms with Crippen molar-refractivity contribution in [2.24, 2.45) is 28.6 Å². The number of rotatable bonds is 13. The Morgan fingerprint density at radius 1 is 1.14 bits per heavy atom. The number of ketones is 2. The first-order valence-corrected chi connectivity index (χ1v) is 15.7. The SMILES string of the molecule is CCCCC(=O)O[C@]1(C(=O)COC(=O)CCCCO[N+](=O)[O-])[C@@H](C)CC2C3CCC4=CC(=O)C=C[C@]4(C)[C@@]3(F)[C@@H](O)C[C@@]21C. The summed E-state index contributed by atoms with van der Waals surface area (Å²) in [5.74, 6) is -3.80. The first-order valence-electron chi connectivity index (χ1n) is 15.7. The number of alkyl halides is 1. The van der Waals surface area contributed by atoms with Crippen LogP contribution in [-0.4, -0.2) is 64.3 Å². The van der Waals surface area contributed by atoms with E-state index >= 15 is 4.39 Å². The van der Waals surface area contributed by atoms with E-state index in [4.69, 9.17) is 9.47 Å². The highest BCUT2D eigenvalue weighted by atomic mass is 19.1. The van der Waals surface area contributed by atoms with Gasteiger partial charge in [-0.15, -0.1) is 10.1 Å². The molecule has 0 heterocycles. The highest BCUT2D eigenvalue weighted by molar-refractivity contribution is 6.01. The Balaban J connectivity index is 1.62. The number of nitrogens with zero attached hydrogens (tertiary/aromatic N) is 1. The molecule has 11 nitrogen and oxygen atoms in total. The lowest BCUT2D eigenvalue weighted by molar-refractivity contribution is -0.757. The Labute approximate surface area is 256 Å². The fourth-order valence-electron chi connectivity index (χ4n) is 8.79. The van der Waals surface area contributed by atoms with Gasteiger partial charge in [0.2, 0.25) is 5.78 Å². The topological polar surface area (TPSA) is 159 Å². The van der Waals surface area contributed by atoms with Gasteiger partial charge < -0.3 is 19.4 Å². The molecule has 0 aromatic heterocycles. The van der Waals surface area contributed by atoms with Crippen molar-refractivity contribution in [3.05, 3.63) is 33.9 Å². The molecule has 0 spiro atoms. The van der Waals surface area contributed by atoms with Crippen LogP contribution in [0, 0.1) is 38.7 Å². The van der Waals surface area contributed by atoms with E-state index in [1.54, 1.807) is 26.8 Å². The van der Waals surface area contributed by atoms with E-state index in [0.717, 1.165) is 6.42 Å². The molecule has 0 bridgehead atoms. The van der Waals surface area contributed by atoms with Gasteiger partial charge in [-0.3, -0.25) is 19.2 Å². The molecule has 3 saturated carbocycles. The van der Waals surface area contributed by atoms with Crippen molar-refractivity contribution in [3.63, 3.8) is 0 Å². The number of aliphatic hydroxyl groups is 1. The van der Waals surface area contributed by atoms with E-state index in [9.17, 15) is 34.4 Å². The largest absolute Gasteiger partial charge is 0.457 e. The van der Waals surface area contributed by atoms with Crippen molar-refractivity contribution in [2.75, 3.05) is 13.2 Å². The van der Waals surface area contributed by atoms with Crippen LogP contribution in [0.25, 0.3) is 0 Å². The summed E-state index contributed by atoms with van der Waals surface area (Å²) in [5, 5.41) is 21.1. The van der Waals surface area contributed by atoms with Crippen LogP contribution in [0.15, 0.2) is 23.8 Å². The Kier molecular flexibility index (Phi) is 9.73. The summed E-state index contributed by atoms with van der Waals surface area (Å²) in [6, 6.07) is 0. The molecule has 4 aliphatic carbocycles. The Morgan fingerprint density at radius 3 is 2.52 bits per heavy atom. The maximum Gasteiger partial charge on any atom is 0.306 e. The molecule has 0 aromatic carbocycles. The third-order valence-corrected chi connectivity index (χ3v) is 10.9. The Hall–Kier alpha value is -3.15. The minimum absolute atomic E-state index is 0.0785. The van der Waals surface area contributed by atoms with Crippen LogP contribution < -0.4 is 0 Å². The molecule has 0 aliphatic heterocycles. The number of aliphatic hydroxyl groups excluding tert-OH is 1.